The average molecular weight is 1130 g/mol. The highest BCUT2D eigenvalue weighted by molar-refractivity contribution is 7.87. The number of rotatable bonds is 19. The van der Waals surface area contributed by atoms with Crippen LogP contribution in [0.25, 0.3) is 11.2 Å². The van der Waals surface area contributed by atoms with Gasteiger partial charge in [0, 0.05) is 0 Å². The van der Waals surface area contributed by atoms with Crippen molar-refractivity contribution in [2.75, 3.05) is 11.9 Å². The Morgan fingerprint density at radius 1 is 0.458 bits per heavy atom. The fourth-order valence-electron chi connectivity index (χ4n) is 11.5. The van der Waals surface area contributed by atoms with Crippen LogP contribution in [0.1, 0.15) is 56.3 Å². The van der Waals surface area contributed by atoms with Gasteiger partial charge in [-0.15, -0.1) is 0 Å². The molecule has 2 aromatic heterocycles. The minimum atomic E-state index is -6.42. The molecule has 1 saturated heterocycles. The highest BCUT2D eigenvalue weighted by atomic mass is 32.2. The number of fused-ring (bicyclic) bond motifs is 1. The second kappa shape index (κ2) is 23.0. The molecule has 0 bridgehead atoms. The number of benzene rings is 9. The molecule has 12 rings (SSSR count). The van der Waals surface area contributed by atoms with Crippen molar-refractivity contribution in [2.24, 2.45) is 0 Å². The zero-order valence-electron chi connectivity index (χ0n) is 44.4. The van der Waals surface area contributed by atoms with Gasteiger partial charge in [0.05, 0.1) is 12.9 Å². The summed E-state index contributed by atoms with van der Waals surface area (Å²) in [6.07, 6.45) is -4.20. The Hall–Kier alpha value is -9.09. The number of nitrogens with zero attached hydrogens (tertiary/aromatic N) is 4. The first-order valence-corrected chi connectivity index (χ1v) is 28.4. The molecule has 3 heterocycles. The lowest BCUT2D eigenvalue weighted by Gasteiger charge is -2.40. The van der Waals surface area contributed by atoms with Gasteiger partial charge in [0.1, 0.15) is 41.4 Å². The summed E-state index contributed by atoms with van der Waals surface area (Å²) >= 11 is 0. The number of anilines is 1. The third-order valence-corrected chi connectivity index (χ3v) is 16.3. The molecule has 0 amide bonds. The van der Waals surface area contributed by atoms with Gasteiger partial charge in [0.2, 0.25) is 0 Å². The molecular weight excluding hydrogens is 1070 g/mol. The van der Waals surface area contributed by atoms with E-state index in [0.29, 0.717) is 39.2 Å². The molecular formula is C68H54F3N5O6S. The number of hydrogen-bond acceptors (Lipinski definition) is 10. The van der Waals surface area contributed by atoms with Crippen molar-refractivity contribution in [3.8, 4) is 0 Å². The number of alkyl halides is 3. The van der Waals surface area contributed by atoms with Gasteiger partial charge >= 0.3 is 15.6 Å². The molecule has 1 aliphatic heterocycles. The van der Waals surface area contributed by atoms with Crippen LogP contribution in [0.15, 0.2) is 286 Å². The predicted octanol–water partition coefficient (Wildman–Crippen LogP) is 13.7. The largest absolute Gasteiger partial charge is 0.523 e. The minimum absolute atomic E-state index is 0.167. The summed E-state index contributed by atoms with van der Waals surface area (Å²) in [7, 11) is -6.42. The monoisotopic (exact) mass is 1130 g/mol. The van der Waals surface area contributed by atoms with E-state index < -0.39 is 63.5 Å². The van der Waals surface area contributed by atoms with Crippen molar-refractivity contribution in [3.05, 3.63) is 336 Å². The molecule has 11 aromatic rings. The summed E-state index contributed by atoms with van der Waals surface area (Å²) in [5.41, 5.74) is -3.34. The lowest BCUT2D eigenvalue weighted by atomic mass is 9.77. The Morgan fingerprint density at radius 2 is 0.807 bits per heavy atom. The van der Waals surface area contributed by atoms with Crippen LogP contribution >= 0.6 is 0 Å². The molecule has 1 N–H and O–H groups in total. The van der Waals surface area contributed by atoms with Gasteiger partial charge in [-0.1, -0.05) is 273 Å². The highest BCUT2D eigenvalue weighted by Crippen LogP contribution is 2.50. The fraction of sp³-hybridized carbons (Fsp3) is 0.132. The molecule has 0 radical (unpaired) electrons. The maximum Gasteiger partial charge on any atom is 0.523 e. The van der Waals surface area contributed by atoms with E-state index in [1.54, 1.807) is 0 Å². The third-order valence-electron chi connectivity index (χ3n) is 15.2. The molecule has 414 valence electrons. The Labute approximate surface area is 478 Å². The van der Waals surface area contributed by atoms with E-state index in [2.05, 4.69) is 5.32 Å². The lowest BCUT2D eigenvalue weighted by Crippen LogP contribution is -2.48. The number of aromatic nitrogens is 4. The Bertz CT molecular complexity index is 3720. The second-order valence-electron chi connectivity index (χ2n) is 20.0. The van der Waals surface area contributed by atoms with Gasteiger partial charge in [0.25, 0.3) is 0 Å². The van der Waals surface area contributed by atoms with Gasteiger partial charge in [0.15, 0.2) is 23.2 Å². The maximum atomic E-state index is 15.2. The van der Waals surface area contributed by atoms with E-state index in [4.69, 9.17) is 33.3 Å². The summed E-state index contributed by atoms with van der Waals surface area (Å²) in [5, 5.41) is 3.80. The van der Waals surface area contributed by atoms with Crippen LogP contribution in [-0.2, 0) is 45.3 Å². The fourth-order valence-corrected chi connectivity index (χ4v) is 12.1. The first-order chi connectivity index (χ1) is 40.5. The molecule has 4 atom stereocenters. The highest BCUT2D eigenvalue weighted by Gasteiger charge is 2.59. The predicted molar refractivity (Wildman–Crippen MR) is 311 cm³/mol. The van der Waals surface area contributed by atoms with Crippen LogP contribution in [0.2, 0.25) is 0 Å². The Balaban J connectivity index is 1.08. The smallest absolute Gasteiger partial charge is 0.358 e. The average Bonchev–Trinajstić information content (AvgIpc) is 3.82. The van der Waals surface area contributed by atoms with Gasteiger partial charge in [-0.2, -0.15) is 21.6 Å². The number of ether oxygens (including phenoxy) is 3. The molecule has 1 fully saturated rings. The van der Waals surface area contributed by atoms with Gasteiger partial charge < -0.3 is 19.5 Å². The Kier molecular flexibility index (Phi) is 15.1. The maximum absolute atomic E-state index is 15.2. The van der Waals surface area contributed by atoms with Crippen LogP contribution in [0.5, 0.6) is 0 Å². The van der Waals surface area contributed by atoms with Crippen molar-refractivity contribution in [3.63, 3.8) is 0 Å². The SMILES string of the molecule is O=S(=O)(O[C@@H]1[C@@H](OC(c2ccccc2)(c2ccccc2)c2ccccc2)[C@H](n2cnc3c(NC(c4ccccc4)(c4ccccc4)c4ccccc4)ncnc32)O[C@@H]1COC(c1ccccc1)(c1ccccc1)c1ccccc1)C(F)(F)F. The summed E-state index contributed by atoms with van der Waals surface area (Å²) in [6, 6.07) is 85.4. The standard InChI is InChI=1S/C68H54F3N5O6S/c69-68(70,71)83(77,78)82-60-58(46-79-66(52-34-16-4-17-35-52,53-36-18-5-19-37-53)54-38-20-6-21-39-54)80-64(61(60)81-67(55-40-22-7-23-41-55,56-42-24-8-25-43-56)57-44-26-9-27-45-57)76-48-74-59-62(72-47-73-63(59)76)75-65(49-28-10-1-11-29-49,50-30-12-2-13-31-50)51-32-14-3-15-33-51/h1-45,47-48,58,60-61,64H,46H2,(H,72,73,75)/t58-,60+,61-,64-/m1/s1. The van der Waals surface area contributed by atoms with Crippen LogP contribution in [-0.4, -0.2) is 58.4 Å². The van der Waals surface area contributed by atoms with E-state index in [0.717, 1.165) is 16.7 Å². The first-order valence-electron chi connectivity index (χ1n) is 27.0. The number of nitrogens with one attached hydrogen (secondary N) is 1. The summed E-state index contributed by atoms with van der Waals surface area (Å²) in [5.74, 6) is 0.290. The Morgan fingerprint density at radius 3 is 1.17 bits per heavy atom. The second-order valence-corrected chi connectivity index (χ2v) is 21.6. The first kappa shape index (κ1) is 54.5. The molecule has 0 unspecified atom stereocenters. The third kappa shape index (κ3) is 10.2. The minimum Gasteiger partial charge on any atom is -0.358 e. The lowest BCUT2D eigenvalue weighted by molar-refractivity contribution is -0.122. The van der Waals surface area contributed by atoms with E-state index in [1.165, 1.54) is 17.2 Å². The zero-order valence-corrected chi connectivity index (χ0v) is 45.2. The van der Waals surface area contributed by atoms with Gasteiger partial charge in [-0.05, 0) is 50.1 Å². The number of halogens is 3. The van der Waals surface area contributed by atoms with Crippen molar-refractivity contribution in [2.45, 2.75) is 46.8 Å². The van der Waals surface area contributed by atoms with E-state index in [9.17, 15) is 8.42 Å². The molecule has 0 aliphatic carbocycles. The van der Waals surface area contributed by atoms with Crippen molar-refractivity contribution >= 4 is 27.1 Å². The van der Waals surface area contributed by atoms with E-state index in [-0.39, 0.29) is 11.2 Å². The van der Waals surface area contributed by atoms with Crippen LogP contribution in [0.3, 0.4) is 0 Å². The molecule has 0 saturated carbocycles. The van der Waals surface area contributed by atoms with Crippen LogP contribution in [0, 0.1) is 0 Å². The van der Waals surface area contributed by atoms with Crippen molar-refractivity contribution in [1.82, 2.24) is 19.5 Å². The summed E-state index contributed by atoms with van der Waals surface area (Å²) in [6.45, 7) is -0.551. The molecule has 11 nitrogen and oxygen atoms in total. The van der Waals surface area contributed by atoms with Gasteiger partial charge in [-0.3, -0.25) is 8.75 Å². The molecule has 0 spiro atoms. The molecule has 83 heavy (non-hydrogen) atoms. The number of hydrogen-bond donors (Lipinski definition) is 1. The molecule has 9 aromatic carbocycles. The van der Waals surface area contributed by atoms with Crippen molar-refractivity contribution < 1.29 is 40.0 Å². The summed E-state index contributed by atoms with van der Waals surface area (Å²) < 4.78 is 103. The van der Waals surface area contributed by atoms with Crippen LogP contribution < -0.4 is 5.32 Å². The zero-order chi connectivity index (χ0) is 56.9. The molecule has 15 heteroatoms. The van der Waals surface area contributed by atoms with Gasteiger partial charge in [-0.25, -0.2) is 15.0 Å². The summed E-state index contributed by atoms with van der Waals surface area (Å²) in [4.78, 5) is 14.6. The van der Waals surface area contributed by atoms with E-state index >= 15 is 13.2 Å². The topological polar surface area (TPSA) is 127 Å². The van der Waals surface area contributed by atoms with Crippen LogP contribution in [0.4, 0.5) is 19.0 Å². The quantitative estimate of drug-likeness (QED) is 0.0475. The van der Waals surface area contributed by atoms with E-state index in [1.807, 2.05) is 273 Å². The molecule has 1 aliphatic rings. The number of imidazole rings is 1. The van der Waals surface area contributed by atoms with Crippen molar-refractivity contribution in [1.29, 1.82) is 0 Å². The normalized spacial score (nSPS) is 16.9.